The van der Waals surface area contributed by atoms with E-state index < -0.39 is 5.97 Å². The summed E-state index contributed by atoms with van der Waals surface area (Å²) >= 11 is 1.52. The third-order valence-corrected chi connectivity index (χ3v) is 2.98. The lowest BCUT2D eigenvalue weighted by molar-refractivity contribution is -0.137. The molecule has 2 amide bonds. The van der Waals surface area contributed by atoms with Gasteiger partial charge in [-0.1, -0.05) is 0 Å². The molecule has 0 saturated carbocycles. The van der Waals surface area contributed by atoms with Gasteiger partial charge < -0.3 is 15.3 Å². The van der Waals surface area contributed by atoms with Gasteiger partial charge in [-0.3, -0.25) is 4.79 Å². The molecule has 0 atom stereocenters. The molecule has 0 aliphatic carbocycles. The maximum Gasteiger partial charge on any atom is 0.317 e. The van der Waals surface area contributed by atoms with E-state index in [1.165, 1.54) is 16.2 Å². The van der Waals surface area contributed by atoms with Gasteiger partial charge in [0.25, 0.3) is 0 Å². The van der Waals surface area contributed by atoms with Crippen molar-refractivity contribution in [2.45, 2.75) is 19.9 Å². The highest BCUT2D eigenvalue weighted by molar-refractivity contribution is 7.11. The van der Waals surface area contributed by atoms with E-state index >= 15 is 0 Å². The van der Waals surface area contributed by atoms with E-state index in [0.29, 0.717) is 6.54 Å². The average Bonchev–Trinajstić information content (AvgIpc) is 2.68. The van der Waals surface area contributed by atoms with Gasteiger partial charge >= 0.3 is 12.0 Å². The molecular formula is C10H15N3O3S. The Hall–Kier alpha value is -1.63. The summed E-state index contributed by atoms with van der Waals surface area (Å²) in [6.45, 7) is 2.51. The van der Waals surface area contributed by atoms with E-state index in [1.807, 2.05) is 6.92 Å². The Labute approximate surface area is 103 Å². The van der Waals surface area contributed by atoms with Gasteiger partial charge in [-0.15, -0.1) is 11.3 Å². The van der Waals surface area contributed by atoms with Gasteiger partial charge in [0.05, 0.1) is 13.0 Å². The quantitative estimate of drug-likeness (QED) is 0.826. The van der Waals surface area contributed by atoms with Crippen LogP contribution in [0, 0.1) is 6.92 Å². The molecule has 94 valence electrons. The number of aryl methyl sites for hydroxylation is 1. The normalized spacial score (nSPS) is 10.0. The SMILES string of the molecule is Cc1cnc(CNC(=O)N(C)CCC(=O)O)s1. The Kier molecular flexibility index (Phi) is 4.89. The van der Waals surface area contributed by atoms with Crippen LogP contribution in [-0.2, 0) is 11.3 Å². The van der Waals surface area contributed by atoms with E-state index in [0.717, 1.165) is 9.88 Å². The van der Waals surface area contributed by atoms with Crippen LogP contribution in [-0.4, -0.2) is 40.6 Å². The molecule has 0 spiro atoms. The first kappa shape index (κ1) is 13.4. The number of nitrogens with zero attached hydrogens (tertiary/aromatic N) is 2. The minimum atomic E-state index is -0.916. The highest BCUT2D eigenvalue weighted by Crippen LogP contribution is 2.10. The Bertz CT molecular complexity index is 405. The number of nitrogens with one attached hydrogen (secondary N) is 1. The molecule has 0 fully saturated rings. The van der Waals surface area contributed by atoms with Gasteiger partial charge in [-0.05, 0) is 6.92 Å². The lowest BCUT2D eigenvalue weighted by Crippen LogP contribution is -2.37. The zero-order valence-electron chi connectivity index (χ0n) is 9.77. The molecule has 0 saturated heterocycles. The number of carbonyl (C=O) groups is 2. The van der Waals surface area contributed by atoms with E-state index in [-0.39, 0.29) is 19.0 Å². The van der Waals surface area contributed by atoms with E-state index in [1.54, 1.807) is 13.2 Å². The molecule has 0 aliphatic heterocycles. The first-order valence-electron chi connectivity index (χ1n) is 5.11. The molecule has 1 aromatic rings. The van der Waals surface area contributed by atoms with Crippen molar-refractivity contribution in [1.82, 2.24) is 15.2 Å². The third kappa shape index (κ3) is 4.81. The number of thiazole rings is 1. The van der Waals surface area contributed by atoms with Crippen LogP contribution >= 0.6 is 11.3 Å². The molecule has 2 N–H and O–H groups in total. The van der Waals surface area contributed by atoms with E-state index in [2.05, 4.69) is 10.3 Å². The first-order chi connectivity index (χ1) is 7.99. The predicted molar refractivity (Wildman–Crippen MR) is 64.0 cm³/mol. The Morgan fingerprint density at radius 3 is 2.82 bits per heavy atom. The Morgan fingerprint density at radius 2 is 2.29 bits per heavy atom. The zero-order chi connectivity index (χ0) is 12.8. The van der Waals surface area contributed by atoms with Crippen LogP contribution in [0.15, 0.2) is 6.20 Å². The smallest absolute Gasteiger partial charge is 0.317 e. The van der Waals surface area contributed by atoms with Crippen LogP contribution < -0.4 is 5.32 Å². The van der Waals surface area contributed by atoms with Crippen LogP contribution in [0.5, 0.6) is 0 Å². The van der Waals surface area contributed by atoms with E-state index in [9.17, 15) is 9.59 Å². The van der Waals surface area contributed by atoms with Crippen molar-refractivity contribution < 1.29 is 14.7 Å². The molecule has 0 radical (unpaired) electrons. The number of carboxylic acids is 1. The molecule has 17 heavy (non-hydrogen) atoms. The molecule has 0 aromatic carbocycles. The van der Waals surface area contributed by atoms with Gasteiger partial charge in [0, 0.05) is 24.7 Å². The largest absolute Gasteiger partial charge is 0.481 e. The van der Waals surface area contributed by atoms with Crippen molar-refractivity contribution >= 4 is 23.3 Å². The maximum atomic E-state index is 11.5. The van der Waals surface area contributed by atoms with Gasteiger partial charge in [-0.25, -0.2) is 9.78 Å². The minimum absolute atomic E-state index is 0.0553. The predicted octanol–water partition coefficient (Wildman–Crippen LogP) is 1.07. The van der Waals surface area contributed by atoms with Crippen LogP contribution in [0.4, 0.5) is 4.79 Å². The molecule has 1 aromatic heterocycles. The van der Waals surface area contributed by atoms with Crippen molar-refractivity contribution in [3.8, 4) is 0 Å². The third-order valence-electron chi connectivity index (χ3n) is 2.07. The topological polar surface area (TPSA) is 82.5 Å². The van der Waals surface area contributed by atoms with E-state index in [4.69, 9.17) is 5.11 Å². The van der Waals surface area contributed by atoms with Crippen LogP contribution in [0.1, 0.15) is 16.3 Å². The fourth-order valence-corrected chi connectivity index (χ4v) is 1.86. The summed E-state index contributed by atoms with van der Waals surface area (Å²) < 4.78 is 0. The highest BCUT2D eigenvalue weighted by atomic mass is 32.1. The standard InChI is InChI=1S/C10H15N3O3S/c1-7-5-11-8(17-7)6-12-10(16)13(2)4-3-9(14)15/h5H,3-4,6H2,1-2H3,(H,12,16)(H,14,15). The monoisotopic (exact) mass is 257 g/mol. The van der Waals surface area contributed by atoms with Crippen LogP contribution in [0.3, 0.4) is 0 Å². The zero-order valence-corrected chi connectivity index (χ0v) is 10.6. The number of carboxylic acid groups (broad SMARTS) is 1. The van der Waals surface area contributed by atoms with Gasteiger partial charge in [0.15, 0.2) is 0 Å². The first-order valence-corrected chi connectivity index (χ1v) is 5.92. The molecule has 1 rings (SSSR count). The number of hydrogen-bond donors (Lipinski definition) is 2. The lowest BCUT2D eigenvalue weighted by Gasteiger charge is -2.16. The van der Waals surface area contributed by atoms with Crippen molar-refractivity contribution in [1.29, 1.82) is 0 Å². The number of amides is 2. The average molecular weight is 257 g/mol. The second kappa shape index (κ2) is 6.19. The van der Waals surface area contributed by atoms with Crippen LogP contribution in [0.2, 0.25) is 0 Å². The summed E-state index contributed by atoms with van der Waals surface area (Å²) in [5.41, 5.74) is 0. The summed E-state index contributed by atoms with van der Waals surface area (Å²) in [4.78, 5) is 28.4. The fourth-order valence-electron chi connectivity index (χ4n) is 1.13. The summed E-state index contributed by atoms with van der Waals surface area (Å²) in [7, 11) is 1.56. The van der Waals surface area contributed by atoms with Crippen molar-refractivity contribution in [2.24, 2.45) is 0 Å². The molecule has 1 heterocycles. The number of aliphatic carboxylic acids is 1. The molecule has 0 unspecified atom stereocenters. The Morgan fingerprint density at radius 1 is 1.59 bits per heavy atom. The van der Waals surface area contributed by atoms with Gasteiger partial charge in [0.1, 0.15) is 5.01 Å². The van der Waals surface area contributed by atoms with Gasteiger partial charge in [-0.2, -0.15) is 0 Å². The van der Waals surface area contributed by atoms with Crippen molar-refractivity contribution in [3.05, 3.63) is 16.1 Å². The fraction of sp³-hybridized carbons (Fsp3) is 0.500. The van der Waals surface area contributed by atoms with Crippen molar-refractivity contribution in [2.75, 3.05) is 13.6 Å². The maximum absolute atomic E-state index is 11.5. The second-order valence-electron chi connectivity index (χ2n) is 3.59. The molecule has 6 nitrogen and oxygen atoms in total. The summed E-state index contributed by atoms with van der Waals surface area (Å²) in [6.07, 6.45) is 1.70. The molecule has 7 heteroatoms. The lowest BCUT2D eigenvalue weighted by atomic mass is 10.4. The molecule has 0 bridgehead atoms. The summed E-state index contributed by atoms with van der Waals surface area (Å²) in [5.74, 6) is -0.916. The molecule has 0 aliphatic rings. The summed E-state index contributed by atoms with van der Waals surface area (Å²) in [5, 5.41) is 12.0. The van der Waals surface area contributed by atoms with Gasteiger partial charge in [0.2, 0.25) is 0 Å². The second-order valence-corrected chi connectivity index (χ2v) is 4.91. The van der Waals surface area contributed by atoms with Crippen LogP contribution in [0.25, 0.3) is 0 Å². The number of urea groups is 1. The Balaban J connectivity index is 2.31. The van der Waals surface area contributed by atoms with Crippen molar-refractivity contribution in [3.63, 3.8) is 0 Å². The number of hydrogen-bond acceptors (Lipinski definition) is 4. The highest BCUT2D eigenvalue weighted by Gasteiger charge is 2.10. The molecular weight excluding hydrogens is 242 g/mol. The number of rotatable bonds is 5. The minimum Gasteiger partial charge on any atom is -0.481 e. The number of aromatic nitrogens is 1. The number of carbonyl (C=O) groups excluding carboxylic acids is 1. The summed E-state index contributed by atoms with van der Waals surface area (Å²) in [6, 6.07) is -0.292.